The molecule has 3 heterocycles. The Labute approximate surface area is 141 Å². The summed E-state index contributed by atoms with van der Waals surface area (Å²) in [5.74, 6) is 0.746. The molecule has 0 atom stereocenters. The topological polar surface area (TPSA) is 51.8 Å². The second-order valence-corrected chi connectivity index (χ2v) is 5.91. The molecule has 0 spiro atoms. The maximum absolute atomic E-state index is 12.8. The van der Waals surface area contributed by atoms with Crippen LogP contribution in [0.25, 0.3) is 5.69 Å². The van der Waals surface area contributed by atoms with Gasteiger partial charge in [0.25, 0.3) is 0 Å². The van der Waals surface area contributed by atoms with E-state index in [2.05, 4.69) is 15.3 Å². The summed E-state index contributed by atoms with van der Waals surface area (Å²) in [6.45, 7) is 1.92. The van der Waals surface area contributed by atoms with E-state index in [4.69, 9.17) is 0 Å². The van der Waals surface area contributed by atoms with Gasteiger partial charge in [0.05, 0.1) is 18.8 Å². The predicted molar refractivity (Wildman–Crippen MR) is 82.7 cm³/mol. The Morgan fingerprint density at radius 2 is 1.88 bits per heavy atom. The molecule has 4 rings (SSSR count). The summed E-state index contributed by atoms with van der Waals surface area (Å²) in [5.41, 5.74) is 0.671. The van der Waals surface area contributed by atoms with Gasteiger partial charge in [-0.3, -0.25) is 14.1 Å². The Kier molecular flexibility index (Phi) is 3.79. The summed E-state index contributed by atoms with van der Waals surface area (Å²) in [4.78, 5) is 2.04. The molecule has 0 N–H and O–H groups in total. The van der Waals surface area contributed by atoms with Crippen molar-refractivity contribution in [2.75, 3.05) is 6.54 Å². The highest BCUT2D eigenvalue weighted by Crippen LogP contribution is 2.29. The SMILES string of the molecule is FC(F)(F)c1cc2n(n1)CCN(Cc1nncn1-c1ccccc1)C2. The van der Waals surface area contributed by atoms with E-state index >= 15 is 0 Å². The average molecular weight is 348 g/mol. The van der Waals surface area contributed by atoms with Crippen LogP contribution in [-0.2, 0) is 25.8 Å². The Bertz CT molecular complexity index is 868. The number of alkyl halides is 3. The van der Waals surface area contributed by atoms with Gasteiger partial charge in [0.15, 0.2) is 11.5 Å². The third kappa shape index (κ3) is 3.14. The molecule has 1 aliphatic rings. The second kappa shape index (κ2) is 5.99. The number of halogens is 3. The monoisotopic (exact) mass is 348 g/mol. The van der Waals surface area contributed by atoms with E-state index in [-0.39, 0.29) is 0 Å². The Balaban J connectivity index is 1.52. The minimum Gasteiger partial charge on any atom is -0.288 e. The van der Waals surface area contributed by atoms with Crippen molar-refractivity contribution in [2.45, 2.75) is 25.8 Å². The number of benzene rings is 1. The van der Waals surface area contributed by atoms with Gasteiger partial charge in [0.2, 0.25) is 0 Å². The zero-order valence-electron chi connectivity index (χ0n) is 13.2. The van der Waals surface area contributed by atoms with Crippen molar-refractivity contribution >= 4 is 0 Å². The van der Waals surface area contributed by atoms with Gasteiger partial charge in [0.1, 0.15) is 6.33 Å². The first kappa shape index (κ1) is 15.8. The fourth-order valence-corrected chi connectivity index (χ4v) is 2.97. The van der Waals surface area contributed by atoms with Gasteiger partial charge in [0, 0.05) is 18.8 Å². The minimum absolute atomic E-state index is 0.394. The largest absolute Gasteiger partial charge is 0.435 e. The van der Waals surface area contributed by atoms with Crippen LogP contribution in [-0.4, -0.2) is 36.0 Å². The van der Waals surface area contributed by atoms with E-state index in [0.717, 1.165) is 17.6 Å². The first-order valence-electron chi connectivity index (χ1n) is 7.81. The van der Waals surface area contributed by atoms with Crippen molar-refractivity contribution in [3.8, 4) is 5.69 Å². The molecule has 2 aromatic heterocycles. The maximum atomic E-state index is 12.8. The smallest absolute Gasteiger partial charge is 0.288 e. The number of hydrogen-bond acceptors (Lipinski definition) is 4. The van der Waals surface area contributed by atoms with Crippen molar-refractivity contribution in [1.82, 2.24) is 29.4 Å². The summed E-state index contributed by atoms with van der Waals surface area (Å²) in [6, 6.07) is 10.8. The van der Waals surface area contributed by atoms with Gasteiger partial charge in [-0.2, -0.15) is 18.3 Å². The molecular weight excluding hydrogens is 333 g/mol. The van der Waals surface area contributed by atoms with Crippen LogP contribution >= 0.6 is 0 Å². The molecular formula is C16H15F3N6. The number of para-hydroxylation sites is 1. The van der Waals surface area contributed by atoms with Crippen LogP contribution < -0.4 is 0 Å². The van der Waals surface area contributed by atoms with E-state index in [1.54, 1.807) is 6.33 Å². The van der Waals surface area contributed by atoms with Crippen LogP contribution in [0.1, 0.15) is 17.2 Å². The van der Waals surface area contributed by atoms with Crippen molar-refractivity contribution in [3.05, 3.63) is 59.9 Å². The number of rotatable bonds is 3. The molecule has 0 bridgehead atoms. The molecule has 0 unspecified atom stereocenters. The third-order valence-corrected chi connectivity index (χ3v) is 4.19. The lowest BCUT2D eigenvalue weighted by atomic mass is 10.2. The molecule has 9 heteroatoms. The number of hydrogen-bond donors (Lipinski definition) is 0. The lowest BCUT2D eigenvalue weighted by molar-refractivity contribution is -0.141. The number of nitrogens with zero attached hydrogens (tertiary/aromatic N) is 6. The predicted octanol–water partition coefficient (Wildman–Crippen LogP) is 2.50. The van der Waals surface area contributed by atoms with Gasteiger partial charge in [-0.15, -0.1) is 10.2 Å². The molecule has 130 valence electrons. The Morgan fingerprint density at radius 3 is 2.64 bits per heavy atom. The first-order chi connectivity index (χ1) is 12.0. The van der Waals surface area contributed by atoms with Crippen molar-refractivity contribution < 1.29 is 13.2 Å². The Hall–Kier alpha value is -2.68. The van der Waals surface area contributed by atoms with Gasteiger partial charge in [-0.1, -0.05) is 18.2 Å². The molecule has 0 saturated heterocycles. The highest BCUT2D eigenvalue weighted by molar-refractivity contribution is 5.32. The molecule has 0 fully saturated rings. The van der Waals surface area contributed by atoms with Crippen LogP contribution in [0.15, 0.2) is 42.7 Å². The molecule has 0 radical (unpaired) electrons. The van der Waals surface area contributed by atoms with E-state index < -0.39 is 11.9 Å². The zero-order valence-corrected chi connectivity index (χ0v) is 13.2. The maximum Gasteiger partial charge on any atom is 0.435 e. The first-order valence-corrected chi connectivity index (χ1v) is 7.81. The van der Waals surface area contributed by atoms with Gasteiger partial charge < -0.3 is 0 Å². The molecule has 25 heavy (non-hydrogen) atoms. The molecule has 1 aromatic carbocycles. The van der Waals surface area contributed by atoms with Crippen LogP contribution in [0, 0.1) is 0 Å². The number of fused-ring (bicyclic) bond motifs is 1. The second-order valence-electron chi connectivity index (χ2n) is 5.91. The fourth-order valence-electron chi connectivity index (χ4n) is 2.97. The van der Waals surface area contributed by atoms with Crippen LogP contribution in [0.5, 0.6) is 0 Å². The Morgan fingerprint density at radius 1 is 1.08 bits per heavy atom. The normalized spacial score (nSPS) is 15.3. The molecule has 0 amide bonds. The van der Waals surface area contributed by atoms with Crippen LogP contribution in [0.2, 0.25) is 0 Å². The van der Waals surface area contributed by atoms with Gasteiger partial charge in [-0.05, 0) is 18.2 Å². The minimum atomic E-state index is -4.41. The highest BCUT2D eigenvalue weighted by atomic mass is 19.4. The third-order valence-electron chi connectivity index (χ3n) is 4.19. The summed E-state index contributed by atoms with van der Waals surface area (Å²) < 4.78 is 41.7. The lowest BCUT2D eigenvalue weighted by Crippen LogP contribution is -2.34. The standard InChI is InChI=1S/C16H15F3N6/c17-16(18,19)14-8-13-9-23(6-7-25(13)22-14)10-15-21-20-11-24(15)12-4-2-1-3-5-12/h1-5,8,11H,6-7,9-10H2. The van der Waals surface area contributed by atoms with E-state index in [1.165, 1.54) is 4.68 Å². The highest BCUT2D eigenvalue weighted by Gasteiger charge is 2.35. The van der Waals surface area contributed by atoms with E-state index in [0.29, 0.717) is 31.9 Å². The molecule has 3 aromatic rings. The summed E-state index contributed by atoms with van der Waals surface area (Å²) in [6.07, 6.45) is -2.77. The average Bonchev–Trinajstić information content (AvgIpc) is 3.21. The lowest BCUT2D eigenvalue weighted by Gasteiger charge is -2.27. The van der Waals surface area contributed by atoms with E-state index in [9.17, 15) is 13.2 Å². The molecule has 0 saturated carbocycles. The summed E-state index contributed by atoms with van der Waals surface area (Å²) in [7, 11) is 0. The molecule has 6 nitrogen and oxygen atoms in total. The summed E-state index contributed by atoms with van der Waals surface area (Å²) in [5, 5.41) is 11.8. The van der Waals surface area contributed by atoms with Crippen molar-refractivity contribution in [2.24, 2.45) is 0 Å². The molecule has 0 aliphatic carbocycles. The molecule has 1 aliphatic heterocycles. The van der Waals surface area contributed by atoms with Gasteiger partial charge in [-0.25, -0.2) is 0 Å². The zero-order chi connectivity index (χ0) is 17.4. The van der Waals surface area contributed by atoms with E-state index in [1.807, 2.05) is 39.8 Å². The quantitative estimate of drug-likeness (QED) is 0.730. The van der Waals surface area contributed by atoms with Crippen LogP contribution in [0.3, 0.4) is 0 Å². The fraction of sp³-hybridized carbons (Fsp3) is 0.312. The summed E-state index contributed by atoms with van der Waals surface area (Å²) >= 11 is 0. The van der Waals surface area contributed by atoms with Crippen LogP contribution in [0.4, 0.5) is 13.2 Å². The van der Waals surface area contributed by atoms with Gasteiger partial charge >= 0.3 is 6.18 Å². The van der Waals surface area contributed by atoms with Crippen molar-refractivity contribution in [1.29, 1.82) is 0 Å². The number of aromatic nitrogens is 5. The van der Waals surface area contributed by atoms with Crippen molar-refractivity contribution in [3.63, 3.8) is 0 Å².